The average Bonchev–Trinajstić information content (AvgIpc) is 3.05. The number of carbonyl (C=O) groups is 1. The smallest absolute Gasteiger partial charge is 0.323 e. The Morgan fingerprint density at radius 3 is 2.76 bits per heavy atom. The first-order valence-electron chi connectivity index (χ1n) is 9.20. The third-order valence-corrected chi connectivity index (χ3v) is 6.64. The van der Waals surface area contributed by atoms with Crippen LogP contribution in [-0.2, 0) is 16.1 Å². The molecule has 0 radical (unpaired) electrons. The van der Waals surface area contributed by atoms with E-state index in [4.69, 9.17) is 21.1 Å². The van der Waals surface area contributed by atoms with Crippen LogP contribution in [0.2, 0.25) is 5.02 Å². The first-order valence-corrected chi connectivity index (χ1v) is 10.4. The van der Waals surface area contributed by atoms with Crippen molar-refractivity contribution in [1.82, 2.24) is 5.32 Å². The van der Waals surface area contributed by atoms with Gasteiger partial charge in [-0.3, -0.25) is 4.79 Å². The number of thioether (sulfide) groups is 1. The number of hydrogen-bond acceptors (Lipinski definition) is 5. The summed E-state index contributed by atoms with van der Waals surface area (Å²) >= 11 is 7.40. The fourth-order valence-corrected chi connectivity index (χ4v) is 4.86. The fraction of sp³-hybridized carbons (Fsp3) is 0.381. The normalized spacial score (nSPS) is 22.4. The van der Waals surface area contributed by atoms with Gasteiger partial charge in [0.2, 0.25) is 0 Å². The Balaban J connectivity index is 1.63. The molecular weight excluding hydrogens is 417 g/mol. The summed E-state index contributed by atoms with van der Waals surface area (Å²) in [6.45, 7) is 2.84. The topological polar surface area (TPSA) is 67.8 Å². The highest BCUT2D eigenvalue weighted by atomic mass is 35.5. The zero-order valence-electron chi connectivity index (χ0n) is 16.2. The van der Waals surface area contributed by atoms with Crippen molar-refractivity contribution >= 4 is 29.3 Å². The molecular formula is C21H23ClFNO4S. The number of halogens is 2. The van der Waals surface area contributed by atoms with Crippen LogP contribution in [0.4, 0.5) is 4.39 Å². The van der Waals surface area contributed by atoms with Crippen LogP contribution in [0.15, 0.2) is 47.4 Å². The summed E-state index contributed by atoms with van der Waals surface area (Å²) in [5.74, 6) is -0.698. The summed E-state index contributed by atoms with van der Waals surface area (Å²) in [6, 6.07) is 11.3. The van der Waals surface area contributed by atoms with Crippen molar-refractivity contribution in [1.29, 1.82) is 0 Å². The number of benzene rings is 2. The second-order valence-corrected chi connectivity index (χ2v) is 9.08. The second kappa shape index (κ2) is 9.34. The van der Waals surface area contributed by atoms with E-state index >= 15 is 0 Å². The van der Waals surface area contributed by atoms with E-state index in [1.165, 1.54) is 6.07 Å². The van der Waals surface area contributed by atoms with Gasteiger partial charge >= 0.3 is 5.97 Å². The summed E-state index contributed by atoms with van der Waals surface area (Å²) in [5, 5.41) is 12.4. The van der Waals surface area contributed by atoms with Crippen LogP contribution in [0.5, 0.6) is 5.75 Å². The maximum atomic E-state index is 13.2. The lowest BCUT2D eigenvalue weighted by atomic mass is 9.96. The first kappa shape index (κ1) is 21.9. The van der Waals surface area contributed by atoms with Gasteiger partial charge in [0.05, 0.1) is 11.1 Å². The largest absolute Gasteiger partial charge is 0.489 e. The zero-order chi connectivity index (χ0) is 21.0. The molecule has 0 bridgehead atoms. The maximum Gasteiger partial charge on any atom is 0.323 e. The highest BCUT2D eigenvalue weighted by Gasteiger charge is 2.47. The van der Waals surface area contributed by atoms with E-state index in [0.717, 1.165) is 16.9 Å². The molecule has 1 heterocycles. The maximum absolute atomic E-state index is 13.2. The molecule has 0 aromatic heterocycles. The molecule has 8 heteroatoms. The Morgan fingerprint density at radius 2 is 2.14 bits per heavy atom. The molecule has 2 aromatic rings. The Morgan fingerprint density at radius 1 is 1.41 bits per heavy atom. The quantitative estimate of drug-likeness (QED) is 0.636. The molecule has 29 heavy (non-hydrogen) atoms. The van der Waals surface area contributed by atoms with Gasteiger partial charge in [-0.15, -0.1) is 11.8 Å². The lowest BCUT2D eigenvalue weighted by Crippen LogP contribution is -2.51. The molecule has 3 atom stereocenters. The van der Waals surface area contributed by atoms with Gasteiger partial charge in [-0.1, -0.05) is 17.7 Å². The van der Waals surface area contributed by atoms with E-state index in [9.17, 15) is 14.3 Å². The van der Waals surface area contributed by atoms with E-state index in [-0.39, 0.29) is 16.4 Å². The number of rotatable bonds is 8. The third-order valence-electron chi connectivity index (χ3n) is 4.94. The lowest BCUT2D eigenvalue weighted by Gasteiger charge is -2.33. The van der Waals surface area contributed by atoms with Crippen LogP contribution in [0, 0.1) is 5.82 Å². The first-order chi connectivity index (χ1) is 13.8. The van der Waals surface area contributed by atoms with Crippen LogP contribution in [0.25, 0.3) is 0 Å². The van der Waals surface area contributed by atoms with Gasteiger partial charge < -0.3 is 19.9 Å². The monoisotopic (exact) mass is 439 g/mol. The number of likely N-dealkylation sites (N-methyl/N-ethyl adjacent to an activating group) is 1. The molecule has 5 nitrogen and oxygen atoms in total. The van der Waals surface area contributed by atoms with E-state index < -0.39 is 23.9 Å². The van der Waals surface area contributed by atoms with Gasteiger partial charge in [-0.2, -0.15) is 0 Å². The van der Waals surface area contributed by atoms with Gasteiger partial charge in [0.1, 0.15) is 24.2 Å². The van der Waals surface area contributed by atoms with Crippen LogP contribution in [0.3, 0.4) is 0 Å². The number of aliphatic carboxylic acids is 1. The summed E-state index contributed by atoms with van der Waals surface area (Å²) in [5.41, 5.74) is 0.778. The highest BCUT2D eigenvalue weighted by Crippen LogP contribution is 2.44. The van der Waals surface area contributed by atoms with Crippen LogP contribution >= 0.6 is 23.4 Å². The van der Waals surface area contributed by atoms with Gasteiger partial charge in [-0.25, -0.2) is 4.39 Å². The minimum absolute atomic E-state index is 0.0701. The molecule has 156 valence electrons. The van der Waals surface area contributed by atoms with Crippen molar-refractivity contribution in [3.05, 3.63) is 58.9 Å². The standard InChI is InChI=1S/C21H23ClFNO4S/c1-21(9-10-27-19(21)18(24-2)20(25)26)29-15-6-4-14(5-7-15)28-12-13-3-8-17(23)16(22)11-13/h3-8,11,18-19,24H,9-10,12H2,1-2H3,(H,25,26)/t18?,19-,21-/m1/s1. The number of nitrogens with one attached hydrogen (secondary N) is 1. The Labute approximate surface area is 178 Å². The summed E-state index contributed by atoms with van der Waals surface area (Å²) in [7, 11) is 1.63. The van der Waals surface area contributed by atoms with Gasteiger partial charge in [0.25, 0.3) is 0 Å². The Kier molecular flexibility index (Phi) is 7.05. The van der Waals surface area contributed by atoms with Crippen molar-refractivity contribution in [2.75, 3.05) is 13.7 Å². The van der Waals surface area contributed by atoms with Gasteiger partial charge in [0, 0.05) is 16.2 Å². The van der Waals surface area contributed by atoms with Crippen molar-refractivity contribution in [3.8, 4) is 5.75 Å². The SMILES string of the molecule is CNC(C(=O)O)[C@H]1OCC[C@@]1(C)Sc1ccc(OCc2ccc(F)c(Cl)c2)cc1. The molecule has 0 spiro atoms. The number of ether oxygens (including phenoxy) is 2. The van der Waals surface area contributed by atoms with Crippen LogP contribution in [-0.4, -0.2) is 41.6 Å². The van der Waals surface area contributed by atoms with Gasteiger partial charge in [0.15, 0.2) is 0 Å². The molecule has 2 N–H and O–H groups in total. The van der Waals surface area contributed by atoms with Crippen molar-refractivity contribution in [3.63, 3.8) is 0 Å². The molecule has 0 amide bonds. The molecule has 0 aliphatic carbocycles. The van der Waals surface area contributed by atoms with Crippen molar-refractivity contribution in [2.45, 2.75) is 41.7 Å². The predicted molar refractivity (Wildman–Crippen MR) is 111 cm³/mol. The molecule has 1 aliphatic heterocycles. The summed E-state index contributed by atoms with van der Waals surface area (Å²) in [4.78, 5) is 12.5. The lowest BCUT2D eigenvalue weighted by molar-refractivity contribution is -0.143. The van der Waals surface area contributed by atoms with E-state index in [0.29, 0.717) is 12.4 Å². The zero-order valence-corrected chi connectivity index (χ0v) is 17.7. The minimum atomic E-state index is -0.920. The average molecular weight is 440 g/mol. The summed E-state index contributed by atoms with van der Waals surface area (Å²) < 4.78 is 24.4. The fourth-order valence-electron chi connectivity index (χ4n) is 3.34. The molecule has 1 unspecified atom stereocenters. The molecule has 2 aromatic carbocycles. The van der Waals surface area contributed by atoms with E-state index in [2.05, 4.69) is 5.32 Å². The van der Waals surface area contributed by atoms with E-state index in [1.54, 1.807) is 30.9 Å². The number of hydrogen-bond donors (Lipinski definition) is 2. The molecule has 1 saturated heterocycles. The number of carboxylic acids is 1. The third kappa shape index (κ3) is 5.22. The van der Waals surface area contributed by atoms with Crippen LogP contribution < -0.4 is 10.1 Å². The summed E-state index contributed by atoms with van der Waals surface area (Å²) in [6.07, 6.45) is 0.325. The minimum Gasteiger partial charge on any atom is -0.489 e. The van der Waals surface area contributed by atoms with Crippen molar-refractivity contribution in [2.24, 2.45) is 0 Å². The number of carboxylic acid groups (broad SMARTS) is 1. The molecule has 1 fully saturated rings. The van der Waals surface area contributed by atoms with E-state index in [1.807, 2.05) is 31.2 Å². The molecule has 3 rings (SSSR count). The molecule has 0 saturated carbocycles. The van der Waals surface area contributed by atoms with Crippen LogP contribution in [0.1, 0.15) is 18.9 Å². The Hall–Kier alpha value is -1.80. The van der Waals surface area contributed by atoms with Crippen molar-refractivity contribution < 1.29 is 23.8 Å². The Bertz CT molecular complexity index is 866. The molecule has 1 aliphatic rings. The second-order valence-electron chi connectivity index (χ2n) is 7.07. The highest BCUT2D eigenvalue weighted by molar-refractivity contribution is 8.00. The predicted octanol–water partition coefficient (Wildman–Crippen LogP) is 4.37. The van der Waals surface area contributed by atoms with Gasteiger partial charge in [-0.05, 0) is 62.4 Å².